The molecule has 1 atom stereocenters. The Morgan fingerprint density at radius 2 is 2.04 bits per heavy atom. The fraction of sp³-hybridized carbons (Fsp3) is 0.545. The van der Waals surface area contributed by atoms with Gasteiger partial charge in [0.2, 0.25) is 0 Å². The maximum absolute atomic E-state index is 13.4. The van der Waals surface area contributed by atoms with Gasteiger partial charge in [-0.2, -0.15) is 0 Å². The Morgan fingerprint density at radius 3 is 2.78 bits per heavy atom. The van der Waals surface area contributed by atoms with E-state index < -0.39 is 11.0 Å². The average Bonchev–Trinajstić information content (AvgIpc) is 3.53. The van der Waals surface area contributed by atoms with Crippen LogP contribution in [-0.2, 0) is 22.3 Å². The first kappa shape index (κ1) is 19.1. The van der Waals surface area contributed by atoms with Gasteiger partial charge < -0.3 is 4.74 Å². The Balaban J connectivity index is 1.45. The third kappa shape index (κ3) is 5.61. The molecule has 1 saturated carbocycles. The van der Waals surface area contributed by atoms with Gasteiger partial charge in [0.05, 0.1) is 18.1 Å². The summed E-state index contributed by atoms with van der Waals surface area (Å²) in [4.78, 5) is 3.34. The van der Waals surface area contributed by atoms with Crippen LogP contribution < -0.4 is 0 Å². The van der Waals surface area contributed by atoms with E-state index >= 15 is 0 Å². The molecular formula is C22H30N2O2S. The minimum Gasteiger partial charge on any atom is -0.379 e. The van der Waals surface area contributed by atoms with Crippen LogP contribution in [0.1, 0.15) is 31.2 Å². The van der Waals surface area contributed by atoms with Gasteiger partial charge in [0.1, 0.15) is 11.0 Å². The largest absolute Gasteiger partial charge is 0.379 e. The molecule has 0 aromatic heterocycles. The first-order valence-electron chi connectivity index (χ1n) is 10.2. The molecule has 1 saturated heterocycles. The van der Waals surface area contributed by atoms with Crippen molar-refractivity contribution in [2.75, 3.05) is 39.4 Å². The van der Waals surface area contributed by atoms with E-state index in [0.29, 0.717) is 0 Å². The van der Waals surface area contributed by atoms with E-state index in [0.717, 1.165) is 69.6 Å². The number of morpholine rings is 1. The molecule has 3 aliphatic rings. The number of nitrogens with zero attached hydrogens (tertiary/aromatic N) is 2. The van der Waals surface area contributed by atoms with E-state index in [1.807, 2.05) is 6.07 Å². The van der Waals surface area contributed by atoms with Crippen LogP contribution in [0.15, 0.2) is 53.0 Å². The predicted molar refractivity (Wildman–Crippen MR) is 110 cm³/mol. The Labute approximate surface area is 165 Å². The molecule has 0 spiro atoms. The molecule has 1 aromatic rings. The maximum atomic E-state index is 13.4. The number of allylic oxidation sites excluding steroid dienone is 2. The highest BCUT2D eigenvalue weighted by molar-refractivity contribution is 7.82. The highest BCUT2D eigenvalue weighted by Crippen LogP contribution is 2.31. The van der Waals surface area contributed by atoms with Crippen LogP contribution in [0.25, 0.3) is 0 Å². The van der Waals surface area contributed by atoms with E-state index in [1.165, 1.54) is 24.0 Å². The zero-order valence-electron chi connectivity index (χ0n) is 16.0. The smallest absolute Gasteiger partial charge is 0.127 e. The van der Waals surface area contributed by atoms with Gasteiger partial charge in [0.15, 0.2) is 0 Å². The van der Waals surface area contributed by atoms with Crippen molar-refractivity contribution >= 4 is 11.0 Å². The first-order chi connectivity index (χ1) is 13.3. The molecule has 1 unspecified atom stereocenters. The lowest BCUT2D eigenvalue weighted by Gasteiger charge is -2.27. The van der Waals surface area contributed by atoms with E-state index in [2.05, 4.69) is 45.6 Å². The van der Waals surface area contributed by atoms with Gasteiger partial charge >= 0.3 is 0 Å². The minimum atomic E-state index is -1.10. The number of benzene rings is 1. The monoisotopic (exact) mass is 386 g/mol. The molecular weight excluding hydrogens is 356 g/mol. The lowest BCUT2D eigenvalue weighted by Crippen LogP contribution is -2.35. The first-order valence-corrected chi connectivity index (χ1v) is 11.3. The van der Waals surface area contributed by atoms with Gasteiger partial charge in [-0.05, 0) is 54.9 Å². The third-order valence-corrected chi connectivity index (χ3v) is 6.84. The molecule has 2 fully saturated rings. The zero-order valence-corrected chi connectivity index (χ0v) is 16.8. The average molecular weight is 387 g/mol. The van der Waals surface area contributed by atoms with Crippen LogP contribution in [0, 0.1) is 5.92 Å². The van der Waals surface area contributed by atoms with Crippen molar-refractivity contribution in [3.8, 4) is 0 Å². The standard InChI is InChI=1S/C22H30N2O2S/c25-27(24(18-20-9-10-20)17-19-5-2-1-3-6-19)22-8-4-7-21(15-22)16-23-11-13-26-14-12-23/h2,4-8,15,20H,1,3,9-14,16-18H2. The van der Waals surface area contributed by atoms with E-state index in [-0.39, 0.29) is 0 Å². The van der Waals surface area contributed by atoms with Crippen LogP contribution in [0.4, 0.5) is 0 Å². The lowest BCUT2D eigenvalue weighted by atomic mass is 10.1. The molecule has 0 radical (unpaired) electrons. The van der Waals surface area contributed by atoms with Crippen molar-refractivity contribution in [2.45, 2.75) is 37.1 Å². The van der Waals surface area contributed by atoms with Crippen molar-refractivity contribution in [1.29, 1.82) is 0 Å². The summed E-state index contributed by atoms with van der Waals surface area (Å²) in [6.45, 7) is 6.19. The second-order valence-corrected chi connectivity index (χ2v) is 9.30. The molecule has 1 aromatic carbocycles. The molecule has 1 heterocycles. The number of hydrogen-bond acceptors (Lipinski definition) is 3. The van der Waals surface area contributed by atoms with Crippen molar-refractivity contribution in [3.63, 3.8) is 0 Å². The Morgan fingerprint density at radius 1 is 1.19 bits per heavy atom. The molecule has 5 heteroatoms. The maximum Gasteiger partial charge on any atom is 0.127 e. The van der Waals surface area contributed by atoms with Gasteiger partial charge in [-0.1, -0.05) is 30.4 Å². The SMILES string of the molecule is O=S(c1cccc(CN2CCOCC2)c1)N(CC1=CCCC=C1)CC1CC1. The van der Waals surface area contributed by atoms with Gasteiger partial charge in [-0.3, -0.25) is 4.90 Å². The van der Waals surface area contributed by atoms with E-state index in [4.69, 9.17) is 4.74 Å². The fourth-order valence-electron chi connectivity index (χ4n) is 3.69. The lowest BCUT2D eigenvalue weighted by molar-refractivity contribution is 0.0341. The summed E-state index contributed by atoms with van der Waals surface area (Å²) in [6.07, 6.45) is 11.5. The van der Waals surface area contributed by atoms with Crippen molar-refractivity contribution < 1.29 is 8.95 Å². The quantitative estimate of drug-likeness (QED) is 0.685. The predicted octanol–water partition coefficient (Wildman–Crippen LogP) is 3.53. The summed E-state index contributed by atoms with van der Waals surface area (Å²) >= 11 is 0. The van der Waals surface area contributed by atoms with Crippen LogP contribution >= 0.6 is 0 Å². The highest BCUT2D eigenvalue weighted by atomic mass is 32.2. The van der Waals surface area contributed by atoms with Crippen molar-refractivity contribution in [3.05, 3.63) is 53.6 Å². The second kappa shape index (κ2) is 9.28. The van der Waals surface area contributed by atoms with Crippen molar-refractivity contribution in [2.24, 2.45) is 5.92 Å². The number of hydrogen-bond donors (Lipinski definition) is 0. The number of rotatable bonds is 8. The molecule has 4 rings (SSSR count). The topological polar surface area (TPSA) is 32.8 Å². The van der Waals surface area contributed by atoms with Crippen LogP contribution in [0.5, 0.6) is 0 Å². The van der Waals surface area contributed by atoms with Crippen LogP contribution in [0.2, 0.25) is 0 Å². The highest BCUT2D eigenvalue weighted by Gasteiger charge is 2.28. The third-order valence-electron chi connectivity index (χ3n) is 5.43. The normalized spacial score (nSPS) is 22.0. The van der Waals surface area contributed by atoms with Crippen LogP contribution in [0.3, 0.4) is 0 Å². The molecule has 4 nitrogen and oxygen atoms in total. The molecule has 0 bridgehead atoms. The number of ether oxygens (including phenoxy) is 1. The Bertz CT molecular complexity index is 721. The summed E-state index contributed by atoms with van der Waals surface area (Å²) in [5.74, 6) is 0.721. The van der Waals surface area contributed by atoms with Crippen molar-refractivity contribution in [1.82, 2.24) is 9.21 Å². The second-order valence-electron chi connectivity index (χ2n) is 7.81. The Hall–Kier alpha value is -1.27. The fourth-order valence-corrected chi connectivity index (χ4v) is 5.04. The molecule has 146 valence electrons. The van der Waals surface area contributed by atoms with E-state index in [1.54, 1.807) is 0 Å². The molecule has 0 N–H and O–H groups in total. The molecule has 0 amide bonds. The van der Waals surface area contributed by atoms with Gasteiger partial charge in [0.25, 0.3) is 0 Å². The summed E-state index contributed by atoms with van der Waals surface area (Å²) in [5, 5.41) is 0. The summed E-state index contributed by atoms with van der Waals surface area (Å²) < 4.78 is 21.0. The summed E-state index contributed by atoms with van der Waals surface area (Å²) in [6, 6.07) is 8.35. The van der Waals surface area contributed by atoms with Crippen LogP contribution in [-0.4, -0.2) is 52.8 Å². The van der Waals surface area contributed by atoms with Gasteiger partial charge in [0, 0.05) is 32.7 Å². The molecule has 1 aliphatic heterocycles. The summed E-state index contributed by atoms with van der Waals surface area (Å²) in [7, 11) is -1.10. The summed E-state index contributed by atoms with van der Waals surface area (Å²) in [5.41, 5.74) is 2.55. The minimum absolute atomic E-state index is 0.721. The molecule has 27 heavy (non-hydrogen) atoms. The molecule has 2 aliphatic carbocycles. The zero-order chi connectivity index (χ0) is 18.5. The Kier molecular flexibility index (Phi) is 6.56. The van der Waals surface area contributed by atoms with Gasteiger partial charge in [-0.25, -0.2) is 8.51 Å². The van der Waals surface area contributed by atoms with E-state index in [9.17, 15) is 4.21 Å². The van der Waals surface area contributed by atoms with Gasteiger partial charge in [-0.15, -0.1) is 0 Å².